The third kappa shape index (κ3) is 3.67. The number of aryl methyl sites for hydroxylation is 3. The Labute approximate surface area is 162 Å². The van der Waals surface area contributed by atoms with Crippen LogP contribution in [0, 0.1) is 6.92 Å². The van der Waals surface area contributed by atoms with Gasteiger partial charge in [0.15, 0.2) is 5.82 Å². The second kappa shape index (κ2) is 7.92. The van der Waals surface area contributed by atoms with Crippen LogP contribution in [0.1, 0.15) is 42.9 Å². The van der Waals surface area contributed by atoms with E-state index in [1.165, 1.54) is 17.3 Å². The molecule has 1 aromatic carbocycles. The Kier molecular flexibility index (Phi) is 5.18. The van der Waals surface area contributed by atoms with Gasteiger partial charge in [0, 0.05) is 25.9 Å². The zero-order valence-electron chi connectivity index (χ0n) is 16.0. The summed E-state index contributed by atoms with van der Waals surface area (Å²) in [4.78, 5) is 29.2. The van der Waals surface area contributed by atoms with E-state index < -0.39 is 0 Å². The molecule has 1 N–H and O–H groups in total. The van der Waals surface area contributed by atoms with Gasteiger partial charge < -0.3 is 9.88 Å². The van der Waals surface area contributed by atoms with Crippen LogP contribution in [0.4, 0.5) is 0 Å². The molecule has 0 aliphatic carbocycles. The standard InChI is InChI=1S/C20H24N6O2/c1-14-6-5-7-15-19(14)22-13-25(20(15)28)11-9-18(27)21-12-17-24-23-16-8-3-2-4-10-26(16)17/h5-7,13H,2-4,8-12H2,1H3,(H,21,27). The van der Waals surface area contributed by atoms with Crippen LogP contribution in [0.25, 0.3) is 10.9 Å². The van der Waals surface area contributed by atoms with Crippen molar-refractivity contribution < 1.29 is 4.79 Å². The van der Waals surface area contributed by atoms with Gasteiger partial charge in [0.25, 0.3) is 5.56 Å². The first-order valence-electron chi connectivity index (χ1n) is 9.76. The molecular weight excluding hydrogens is 356 g/mol. The van der Waals surface area contributed by atoms with Gasteiger partial charge in [-0.05, 0) is 31.4 Å². The van der Waals surface area contributed by atoms with Crippen LogP contribution in [-0.4, -0.2) is 30.2 Å². The van der Waals surface area contributed by atoms with Crippen LogP contribution in [0.3, 0.4) is 0 Å². The van der Waals surface area contributed by atoms with Crippen molar-refractivity contribution in [2.45, 2.75) is 58.7 Å². The Bertz CT molecular complexity index is 1070. The highest BCUT2D eigenvalue weighted by atomic mass is 16.1. The molecule has 0 fully saturated rings. The zero-order valence-corrected chi connectivity index (χ0v) is 16.0. The van der Waals surface area contributed by atoms with Crippen molar-refractivity contribution >= 4 is 16.8 Å². The van der Waals surface area contributed by atoms with Crippen molar-refractivity contribution in [1.82, 2.24) is 29.6 Å². The predicted octanol–water partition coefficient (Wildman–Crippen LogP) is 1.73. The van der Waals surface area contributed by atoms with Gasteiger partial charge in [-0.3, -0.25) is 14.2 Å². The Morgan fingerprint density at radius 3 is 3.00 bits per heavy atom. The van der Waals surface area contributed by atoms with Gasteiger partial charge >= 0.3 is 0 Å². The number of hydrogen-bond acceptors (Lipinski definition) is 5. The van der Waals surface area contributed by atoms with E-state index >= 15 is 0 Å². The molecule has 8 nitrogen and oxygen atoms in total. The first kappa shape index (κ1) is 18.3. The van der Waals surface area contributed by atoms with Crippen molar-refractivity contribution in [1.29, 1.82) is 0 Å². The Morgan fingerprint density at radius 1 is 1.21 bits per heavy atom. The molecule has 0 unspecified atom stereocenters. The van der Waals surface area contributed by atoms with Crippen LogP contribution in [-0.2, 0) is 30.8 Å². The Hall–Kier alpha value is -3.03. The minimum atomic E-state index is -0.123. The number of benzene rings is 1. The third-order valence-electron chi connectivity index (χ3n) is 5.26. The van der Waals surface area contributed by atoms with Crippen molar-refractivity contribution in [2.75, 3.05) is 0 Å². The van der Waals surface area contributed by atoms with Gasteiger partial charge in [0.1, 0.15) is 5.82 Å². The van der Waals surface area contributed by atoms with Crippen molar-refractivity contribution in [3.05, 3.63) is 52.1 Å². The second-order valence-electron chi connectivity index (χ2n) is 7.24. The van der Waals surface area contributed by atoms with Crippen LogP contribution in [0.15, 0.2) is 29.3 Å². The first-order valence-corrected chi connectivity index (χ1v) is 9.76. The highest BCUT2D eigenvalue weighted by molar-refractivity contribution is 5.80. The lowest BCUT2D eigenvalue weighted by molar-refractivity contribution is -0.121. The summed E-state index contributed by atoms with van der Waals surface area (Å²) in [5, 5.41) is 11.9. The summed E-state index contributed by atoms with van der Waals surface area (Å²) >= 11 is 0. The number of para-hydroxylation sites is 1. The molecule has 28 heavy (non-hydrogen) atoms. The molecule has 8 heteroatoms. The highest BCUT2D eigenvalue weighted by Crippen LogP contribution is 2.14. The van der Waals surface area contributed by atoms with Gasteiger partial charge in [-0.2, -0.15) is 0 Å². The van der Waals surface area contributed by atoms with Crippen molar-refractivity contribution in [3.63, 3.8) is 0 Å². The van der Waals surface area contributed by atoms with Crippen LogP contribution < -0.4 is 10.9 Å². The van der Waals surface area contributed by atoms with E-state index in [0.717, 1.165) is 43.0 Å². The number of carbonyl (C=O) groups is 1. The molecule has 0 saturated carbocycles. The largest absolute Gasteiger partial charge is 0.349 e. The molecular formula is C20H24N6O2. The second-order valence-corrected chi connectivity index (χ2v) is 7.24. The van der Waals surface area contributed by atoms with E-state index in [2.05, 4.69) is 25.1 Å². The molecule has 0 radical (unpaired) electrons. The molecule has 0 atom stereocenters. The smallest absolute Gasteiger partial charge is 0.261 e. The monoisotopic (exact) mass is 380 g/mol. The molecule has 2 aromatic heterocycles. The van der Waals surface area contributed by atoms with Gasteiger partial charge in [-0.15, -0.1) is 10.2 Å². The Morgan fingerprint density at radius 2 is 2.11 bits per heavy atom. The fraction of sp³-hybridized carbons (Fsp3) is 0.450. The maximum absolute atomic E-state index is 12.6. The lowest BCUT2D eigenvalue weighted by Gasteiger charge is -2.09. The fourth-order valence-corrected chi connectivity index (χ4v) is 3.66. The number of aromatic nitrogens is 5. The molecule has 0 spiro atoms. The van der Waals surface area contributed by atoms with E-state index in [1.807, 2.05) is 19.1 Å². The highest BCUT2D eigenvalue weighted by Gasteiger charge is 2.15. The number of nitrogens with zero attached hydrogens (tertiary/aromatic N) is 5. The number of fused-ring (bicyclic) bond motifs is 2. The molecule has 146 valence electrons. The van der Waals surface area contributed by atoms with E-state index in [1.54, 1.807) is 6.07 Å². The average Bonchev–Trinajstić information content (AvgIpc) is 2.92. The van der Waals surface area contributed by atoms with E-state index in [9.17, 15) is 9.59 Å². The van der Waals surface area contributed by atoms with Gasteiger partial charge in [-0.25, -0.2) is 4.98 Å². The molecule has 4 rings (SSSR count). The fourth-order valence-electron chi connectivity index (χ4n) is 3.66. The van der Waals surface area contributed by atoms with Gasteiger partial charge in [-0.1, -0.05) is 18.6 Å². The molecule has 0 saturated heterocycles. The summed E-state index contributed by atoms with van der Waals surface area (Å²) < 4.78 is 3.61. The number of nitrogens with one attached hydrogen (secondary N) is 1. The molecule has 0 bridgehead atoms. The van der Waals surface area contributed by atoms with E-state index in [-0.39, 0.29) is 17.9 Å². The molecule has 1 aliphatic rings. The van der Waals surface area contributed by atoms with Crippen LogP contribution in [0.5, 0.6) is 0 Å². The summed E-state index contributed by atoms with van der Waals surface area (Å²) in [6.45, 7) is 3.48. The molecule has 3 aromatic rings. The quantitative estimate of drug-likeness (QED) is 0.727. The maximum Gasteiger partial charge on any atom is 0.261 e. The number of carbonyl (C=O) groups excluding carboxylic acids is 1. The van der Waals surface area contributed by atoms with E-state index in [4.69, 9.17) is 0 Å². The zero-order chi connectivity index (χ0) is 19.5. The molecule has 1 amide bonds. The number of amides is 1. The summed E-state index contributed by atoms with van der Waals surface area (Å²) in [7, 11) is 0. The van der Waals surface area contributed by atoms with Crippen LogP contribution in [0.2, 0.25) is 0 Å². The van der Waals surface area contributed by atoms with Crippen molar-refractivity contribution in [2.24, 2.45) is 0 Å². The lowest BCUT2D eigenvalue weighted by atomic mass is 10.1. The molecule has 1 aliphatic heterocycles. The minimum absolute atomic E-state index is 0.121. The number of hydrogen-bond donors (Lipinski definition) is 1. The van der Waals surface area contributed by atoms with Crippen LogP contribution >= 0.6 is 0 Å². The maximum atomic E-state index is 12.6. The molecule has 3 heterocycles. The SMILES string of the molecule is Cc1cccc2c(=O)n(CCC(=O)NCc3nnc4n3CCCCC4)cnc12. The lowest BCUT2D eigenvalue weighted by Crippen LogP contribution is -2.28. The first-order chi connectivity index (χ1) is 13.6. The third-order valence-corrected chi connectivity index (χ3v) is 5.26. The summed E-state index contributed by atoms with van der Waals surface area (Å²) in [6.07, 6.45) is 6.12. The minimum Gasteiger partial charge on any atom is -0.349 e. The summed E-state index contributed by atoms with van der Waals surface area (Å²) in [6, 6.07) is 5.54. The van der Waals surface area contributed by atoms with E-state index in [0.29, 0.717) is 24.0 Å². The number of rotatable bonds is 5. The topological polar surface area (TPSA) is 94.7 Å². The summed E-state index contributed by atoms with van der Waals surface area (Å²) in [5.74, 6) is 1.68. The predicted molar refractivity (Wildman–Crippen MR) is 105 cm³/mol. The van der Waals surface area contributed by atoms with Gasteiger partial charge in [0.2, 0.25) is 5.91 Å². The Balaban J connectivity index is 1.38. The van der Waals surface area contributed by atoms with Gasteiger partial charge in [0.05, 0.1) is 23.8 Å². The summed E-state index contributed by atoms with van der Waals surface area (Å²) in [5.41, 5.74) is 1.55. The average molecular weight is 380 g/mol. The van der Waals surface area contributed by atoms with Crippen molar-refractivity contribution in [3.8, 4) is 0 Å². The normalized spacial score (nSPS) is 13.9.